The van der Waals surface area contributed by atoms with Gasteiger partial charge in [0, 0.05) is 12.1 Å². The number of thioether (sulfide) groups is 1. The number of β-lactam (4-membered cyclic amide) rings is 1. The van der Waals surface area contributed by atoms with Crippen LogP contribution in [0.2, 0.25) is 0 Å². The maximum atomic E-state index is 11.8. The standard InChI is InChI=1S/C11H16N2O2S/c1-5-7(14)12-8-9(15)13-6(2)11(3,4)16-10(8)13/h8,10H,2,5H2,1,3-4H3,(H,12,14)/t8-,10-/m1/s1. The lowest BCUT2D eigenvalue weighted by molar-refractivity contribution is -0.145. The minimum atomic E-state index is -0.365. The summed E-state index contributed by atoms with van der Waals surface area (Å²) in [6.45, 7) is 9.82. The summed E-state index contributed by atoms with van der Waals surface area (Å²) in [4.78, 5) is 24.8. The number of carbonyl (C=O) groups is 2. The fourth-order valence-electron chi connectivity index (χ4n) is 1.94. The van der Waals surface area contributed by atoms with Crippen molar-refractivity contribution in [1.82, 2.24) is 10.2 Å². The van der Waals surface area contributed by atoms with Crippen molar-refractivity contribution in [3.8, 4) is 0 Å². The van der Waals surface area contributed by atoms with Gasteiger partial charge < -0.3 is 5.32 Å². The van der Waals surface area contributed by atoms with Crippen molar-refractivity contribution in [3.05, 3.63) is 12.3 Å². The molecular weight excluding hydrogens is 224 g/mol. The second-order valence-corrected chi connectivity index (χ2v) is 6.31. The molecular formula is C11H16N2O2S. The topological polar surface area (TPSA) is 49.4 Å². The summed E-state index contributed by atoms with van der Waals surface area (Å²) in [5, 5.41) is 2.79. The molecule has 2 aliphatic rings. The lowest BCUT2D eigenvalue weighted by Crippen LogP contribution is -2.66. The molecule has 0 aromatic heterocycles. The molecule has 0 radical (unpaired) electrons. The molecule has 2 heterocycles. The van der Waals surface area contributed by atoms with Gasteiger partial charge in [-0.05, 0) is 13.8 Å². The highest BCUT2D eigenvalue weighted by atomic mass is 32.2. The summed E-state index contributed by atoms with van der Waals surface area (Å²) in [6, 6.07) is -0.365. The number of rotatable bonds is 2. The molecule has 88 valence electrons. The summed E-state index contributed by atoms with van der Waals surface area (Å²) in [6.07, 6.45) is 0.408. The van der Waals surface area contributed by atoms with Crippen LogP contribution in [0.4, 0.5) is 0 Å². The van der Waals surface area contributed by atoms with E-state index in [1.54, 1.807) is 23.6 Å². The second kappa shape index (κ2) is 3.52. The molecule has 2 aliphatic heterocycles. The van der Waals surface area contributed by atoms with E-state index in [2.05, 4.69) is 11.9 Å². The third-order valence-electron chi connectivity index (χ3n) is 3.08. The normalized spacial score (nSPS) is 31.1. The summed E-state index contributed by atoms with van der Waals surface area (Å²) < 4.78 is -0.119. The summed E-state index contributed by atoms with van der Waals surface area (Å²) in [7, 11) is 0. The van der Waals surface area contributed by atoms with Crippen LogP contribution >= 0.6 is 11.8 Å². The quantitative estimate of drug-likeness (QED) is 0.735. The van der Waals surface area contributed by atoms with E-state index < -0.39 is 0 Å². The lowest BCUT2D eigenvalue weighted by Gasteiger charge is -2.41. The van der Waals surface area contributed by atoms with Crippen LogP contribution in [0, 0.1) is 0 Å². The van der Waals surface area contributed by atoms with Crippen molar-refractivity contribution in [3.63, 3.8) is 0 Å². The number of hydrogen-bond acceptors (Lipinski definition) is 3. The Morgan fingerprint density at radius 2 is 2.25 bits per heavy atom. The predicted octanol–water partition coefficient (Wildman–Crippen LogP) is 1.09. The largest absolute Gasteiger partial charge is 0.342 e. The molecule has 0 aromatic carbocycles. The van der Waals surface area contributed by atoms with Crippen LogP contribution in [0.5, 0.6) is 0 Å². The van der Waals surface area contributed by atoms with Gasteiger partial charge in [0.1, 0.15) is 11.4 Å². The highest BCUT2D eigenvalue weighted by Gasteiger charge is 2.58. The molecule has 0 bridgehead atoms. The average molecular weight is 240 g/mol. The Balaban J connectivity index is 2.11. The highest BCUT2D eigenvalue weighted by molar-refractivity contribution is 8.01. The minimum Gasteiger partial charge on any atom is -0.342 e. The van der Waals surface area contributed by atoms with Crippen LogP contribution in [0.25, 0.3) is 0 Å². The zero-order chi connectivity index (χ0) is 12.1. The van der Waals surface area contributed by atoms with Crippen LogP contribution in [0.1, 0.15) is 27.2 Å². The molecule has 2 fully saturated rings. The van der Waals surface area contributed by atoms with Crippen molar-refractivity contribution in [1.29, 1.82) is 0 Å². The number of fused-ring (bicyclic) bond motifs is 1. The maximum absolute atomic E-state index is 11.8. The Hall–Kier alpha value is -0.970. The Bertz CT molecular complexity index is 378. The number of nitrogens with one attached hydrogen (secondary N) is 1. The number of nitrogens with zero attached hydrogens (tertiary/aromatic N) is 1. The van der Waals surface area contributed by atoms with Crippen molar-refractivity contribution in [2.24, 2.45) is 0 Å². The molecule has 0 saturated carbocycles. The lowest BCUT2D eigenvalue weighted by atomic mass is 10.0. The van der Waals surface area contributed by atoms with E-state index in [0.29, 0.717) is 6.42 Å². The van der Waals surface area contributed by atoms with Crippen LogP contribution in [-0.2, 0) is 9.59 Å². The third kappa shape index (κ3) is 1.45. The third-order valence-corrected chi connectivity index (χ3v) is 4.63. The summed E-state index contributed by atoms with van der Waals surface area (Å²) in [5.74, 6) is -0.108. The van der Waals surface area contributed by atoms with E-state index in [0.717, 1.165) is 5.70 Å². The number of amides is 2. The Labute approximate surface area is 99.4 Å². The Morgan fingerprint density at radius 3 is 2.81 bits per heavy atom. The van der Waals surface area contributed by atoms with E-state index in [-0.39, 0.29) is 28.0 Å². The van der Waals surface area contributed by atoms with E-state index in [9.17, 15) is 9.59 Å². The van der Waals surface area contributed by atoms with E-state index >= 15 is 0 Å². The summed E-state index contributed by atoms with van der Waals surface area (Å²) >= 11 is 1.68. The van der Waals surface area contributed by atoms with Gasteiger partial charge in [0.25, 0.3) is 5.91 Å². The molecule has 5 heteroatoms. The van der Waals surface area contributed by atoms with E-state index in [1.807, 2.05) is 13.8 Å². The van der Waals surface area contributed by atoms with E-state index in [1.165, 1.54) is 0 Å². The van der Waals surface area contributed by atoms with Crippen molar-refractivity contribution < 1.29 is 9.59 Å². The van der Waals surface area contributed by atoms with E-state index in [4.69, 9.17) is 0 Å². The first kappa shape index (κ1) is 11.5. The smallest absolute Gasteiger partial charge is 0.253 e. The van der Waals surface area contributed by atoms with Gasteiger partial charge in [-0.15, -0.1) is 11.8 Å². The van der Waals surface area contributed by atoms with Gasteiger partial charge in [0.05, 0.1) is 4.75 Å². The molecule has 1 N–H and O–H groups in total. The molecule has 2 atom stereocenters. The molecule has 2 rings (SSSR count). The van der Waals surface area contributed by atoms with Crippen molar-refractivity contribution >= 4 is 23.6 Å². The van der Waals surface area contributed by atoms with Gasteiger partial charge in [0.15, 0.2) is 0 Å². The first-order chi connectivity index (χ1) is 7.38. The number of carbonyl (C=O) groups excluding carboxylic acids is 2. The van der Waals surface area contributed by atoms with Gasteiger partial charge in [-0.2, -0.15) is 0 Å². The van der Waals surface area contributed by atoms with Gasteiger partial charge in [-0.3, -0.25) is 14.5 Å². The van der Waals surface area contributed by atoms with Gasteiger partial charge in [-0.25, -0.2) is 0 Å². The molecule has 2 amide bonds. The van der Waals surface area contributed by atoms with Gasteiger partial charge in [-0.1, -0.05) is 13.5 Å². The SMILES string of the molecule is C=C1N2C(=O)[C@@H](NC(=O)CC)[C@H]2SC1(C)C. The van der Waals surface area contributed by atoms with Crippen molar-refractivity contribution in [2.75, 3.05) is 0 Å². The molecule has 0 unspecified atom stereocenters. The maximum Gasteiger partial charge on any atom is 0.253 e. The fraction of sp³-hybridized carbons (Fsp3) is 0.636. The first-order valence-corrected chi connectivity index (χ1v) is 6.26. The second-order valence-electron chi connectivity index (χ2n) is 4.57. The highest BCUT2D eigenvalue weighted by Crippen LogP contribution is 2.52. The molecule has 4 nitrogen and oxygen atoms in total. The van der Waals surface area contributed by atoms with Crippen LogP contribution in [-0.4, -0.2) is 32.9 Å². The molecule has 2 saturated heterocycles. The zero-order valence-corrected chi connectivity index (χ0v) is 10.6. The average Bonchev–Trinajstić information content (AvgIpc) is 2.44. The van der Waals surface area contributed by atoms with Gasteiger partial charge >= 0.3 is 0 Å². The number of hydrogen-bond donors (Lipinski definition) is 1. The monoisotopic (exact) mass is 240 g/mol. The van der Waals surface area contributed by atoms with Crippen LogP contribution in [0.3, 0.4) is 0 Å². The van der Waals surface area contributed by atoms with Gasteiger partial charge in [0.2, 0.25) is 5.91 Å². The molecule has 0 aliphatic carbocycles. The fourth-order valence-corrected chi connectivity index (χ4v) is 3.44. The molecule has 16 heavy (non-hydrogen) atoms. The zero-order valence-electron chi connectivity index (χ0n) is 9.74. The predicted molar refractivity (Wildman–Crippen MR) is 63.7 cm³/mol. The Kier molecular flexibility index (Phi) is 2.53. The molecule has 0 aromatic rings. The Morgan fingerprint density at radius 1 is 1.62 bits per heavy atom. The minimum absolute atomic E-state index is 0.0325. The first-order valence-electron chi connectivity index (χ1n) is 5.38. The molecule has 0 spiro atoms. The van der Waals surface area contributed by atoms with Crippen molar-refractivity contribution in [2.45, 2.75) is 43.4 Å². The summed E-state index contributed by atoms with van der Waals surface area (Å²) in [5.41, 5.74) is 0.842. The van der Waals surface area contributed by atoms with Crippen LogP contribution in [0.15, 0.2) is 12.3 Å². The van der Waals surface area contributed by atoms with Crippen LogP contribution < -0.4 is 5.32 Å².